The van der Waals surface area contributed by atoms with Crippen LogP contribution in [0.3, 0.4) is 0 Å². The van der Waals surface area contributed by atoms with E-state index in [0.717, 1.165) is 37.3 Å². The highest BCUT2D eigenvalue weighted by Crippen LogP contribution is 2.15. The van der Waals surface area contributed by atoms with E-state index in [-0.39, 0.29) is 17.9 Å². The summed E-state index contributed by atoms with van der Waals surface area (Å²) in [5.41, 5.74) is 2.98. The first kappa shape index (κ1) is 24.5. The Morgan fingerprint density at radius 2 is 1.76 bits per heavy atom. The van der Waals surface area contributed by atoms with Gasteiger partial charge in [0.05, 0.1) is 0 Å². The highest BCUT2D eigenvalue weighted by molar-refractivity contribution is 5.94. The average Bonchev–Trinajstić information content (AvgIpc) is 2.83. The maximum absolute atomic E-state index is 13.3. The Balaban J connectivity index is 1.52. The number of piperazine rings is 1. The van der Waals surface area contributed by atoms with Crippen molar-refractivity contribution in [1.29, 1.82) is 0 Å². The molecule has 2 aromatic carbocycles. The second-order valence-corrected chi connectivity index (χ2v) is 8.77. The standard InChI is InChI=1S/C27H36N4O2/c1-4-22(3)25(29-27(33)28-24-14-8-10-21(2)20-24)26(32)31-18-16-30(17-19-31)15-9-13-23-11-6-5-7-12-23/h5-14,20,22,25H,4,15-19H2,1-3H3,(H2,28,29,33)/b13-9+. The molecule has 0 spiro atoms. The van der Waals surface area contributed by atoms with Gasteiger partial charge in [-0.1, -0.05) is 74.9 Å². The number of nitrogens with zero attached hydrogens (tertiary/aromatic N) is 2. The number of hydrogen-bond acceptors (Lipinski definition) is 3. The van der Waals surface area contributed by atoms with Crippen molar-refractivity contribution in [3.05, 3.63) is 71.8 Å². The monoisotopic (exact) mass is 448 g/mol. The van der Waals surface area contributed by atoms with E-state index in [2.05, 4.69) is 39.8 Å². The topological polar surface area (TPSA) is 64.7 Å². The average molecular weight is 449 g/mol. The number of anilines is 1. The van der Waals surface area contributed by atoms with E-state index < -0.39 is 6.04 Å². The van der Waals surface area contributed by atoms with Crippen molar-refractivity contribution in [1.82, 2.24) is 15.1 Å². The summed E-state index contributed by atoms with van der Waals surface area (Å²) < 4.78 is 0. The highest BCUT2D eigenvalue weighted by Gasteiger charge is 2.31. The molecule has 0 saturated carbocycles. The summed E-state index contributed by atoms with van der Waals surface area (Å²) in [5, 5.41) is 5.79. The van der Waals surface area contributed by atoms with Crippen LogP contribution in [-0.4, -0.2) is 60.5 Å². The highest BCUT2D eigenvalue weighted by atomic mass is 16.2. The quantitative estimate of drug-likeness (QED) is 0.630. The van der Waals surface area contributed by atoms with Gasteiger partial charge in [-0.05, 0) is 36.1 Å². The molecule has 1 fully saturated rings. The molecule has 2 aromatic rings. The van der Waals surface area contributed by atoms with Gasteiger partial charge in [-0.2, -0.15) is 0 Å². The minimum atomic E-state index is -0.538. The fourth-order valence-corrected chi connectivity index (χ4v) is 3.96. The second-order valence-electron chi connectivity index (χ2n) is 8.77. The Hall–Kier alpha value is -3.12. The lowest BCUT2D eigenvalue weighted by Gasteiger charge is -2.37. The van der Waals surface area contributed by atoms with E-state index in [1.54, 1.807) is 0 Å². The molecule has 1 saturated heterocycles. The zero-order valence-electron chi connectivity index (χ0n) is 20.0. The molecule has 1 heterocycles. The first-order valence-electron chi connectivity index (χ1n) is 11.8. The number of carbonyl (C=O) groups is 2. The Kier molecular flexibility index (Phi) is 9.07. The second kappa shape index (κ2) is 12.2. The van der Waals surface area contributed by atoms with Crippen molar-refractivity contribution in [2.45, 2.75) is 33.2 Å². The van der Waals surface area contributed by atoms with Crippen molar-refractivity contribution < 1.29 is 9.59 Å². The maximum atomic E-state index is 13.3. The van der Waals surface area contributed by atoms with E-state index in [0.29, 0.717) is 13.1 Å². The van der Waals surface area contributed by atoms with Crippen molar-refractivity contribution >= 4 is 23.7 Å². The summed E-state index contributed by atoms with van der Waals surface area (Å²) in [6, 6.07) is 17.0. The van der Waals surface area contributed by atoms with Crippen molar-refractivity contribution in [3.63, 3.8) is 0 Å². The molecule has 33 heavy (non-hydrogen) atoms. The SMILES string of the molecule is CCC(C)C(NC(=O)Nc1cccc(C)c1)C(=O)N1CCN(C/C=C/c2ccccc2)CC1. The Morgan fingerprint density at radius 1 is 1.03 bits per heavy atom. The van der Waals surface area contributed by atoms with Crippen LogP contribution in [-0.2, 0) is 4.79 Å². The number of nitrogens with one attached hydrogen (secondary N) is 2. The minimum absolute atomic E-state index is 0.00298. The first-order valence-corrected chi connectivity index (χ1v) is 11.8. The third kappa shape index (κ3) is 7.46. The summed E-state index contributed by atoms with van der Waals surface area (Å²) in [4.78, 5) is 30.2. The van der Waals surface area contributed by atoms with Gasteiger partial charge in [0, 0.05) is 38.4 Å². The number of benzene rings is 2. The Morgan fingerprint density at radius 3 is 2.42 bits per heavy atom. The third-order valence-corrected chi connectivity index (χ3v) is 6.20. The van der Waals surface area contributed by atoms with Gasteiger partial charge in [0.1, 0.15) is 6.04 Å². The summed E-state index contributed by atoms with van der Waals surface area (Å²) in [5.74, 6) is 0.0517. The summed E-state index contributed by atoms with van der Waals surface area (Å²) in [7, 11) is 0. The van der Waals surface area contributed by atoms with Gasteiger partial charge in [0.15, 0.2) is 0 Å². The molecule has 3 rings (SSSR count). The number of amides is 3. The zero-order chi connectivity index (χ0) is 23.6. The summed E-state index contributed by atoms with van der Waals surface area (Å²) in [6.45, 7) is 9.90. The normalized spacial score (nSPS) is 16.4. The third-order valence-electron chi connectivity index (χ3n) is 6.20. The van der Waals surface area contributed by atoms with Crippen LogP contribution in [0.15, 0.2) is 60.7 Å². The van der Waals surface area contributed by atoms with Crippen molar-refractivity contribution in [2.24, 2.45) is 5.92 Å². The van der Waals surface area contributed by atoms with E-state index in [4.69, 9.17) is 0 Å². The van der Waals surface area contributed by atoms with Gasteiger partial charge in [-0.3, -0.25) is 9.69 Å². The van der Waals surface area contributed by atoms with E-state index in [9.17, 15) is 9.59 Å². The smallest absolute Gasteiger partial charge is 0.319 e. The lowest BCUT2D eigenvalue weighted by Crippen LogP contribution is -2.57. The van der Waals surface area contributed by atoms with Crippen molar-refractivity contribution in [2.75, 3.05) is 38.0 Å². The summed E-state index contributed by atoms with van der Waals surface area (Å²) >= 11 is 0. The molecule has 2 atom stereocenters. The summed E-state index contributed by atoms with van der Waals surface area (Å²) in [6.07, 6.45) is 5.12. The number of carbonyl (C=O) groups excluding carboxylic acids is 2. The fourth-order valence-electron chi connectivity index (χ4n) is 3.96. The van der Waals surface area contributed by atoms with Crippen LogP contribution < -0.4 is 10.6 Å². The lowest BCUT2D eigenvalue weighted by molar-refractivity contribution is -0.136. The van der Waals surface area contributed by atoms with Gasteiger partial charge >= 0.3 is 6.03 Å². The van der Waals surface area contributed by atoms with Crippen LogP contribution in [0.4, 0.5) is 10.5 Å². The largest absolute Gasteiger partial charge is 0.338 e. The number of urea groups is 1. The van der Waals surface area contributed by atoms with Gasteiger partial charge in [-0.15, -0.1) is 0 Å². The molecule has 176 valence electrons. The molecule has 6 nitrogen and oxygen atoms in total. The minimum Gasteiger partial charge on any atom is -0.338 e. The Bertz CT molecular complexity index is 936. The van der Waals surface area contributed by atoms with Crippen LogP contribution in [0, 0.1) is 12.8 Å². The van der Waals surface area contributed by atoms with Crippen LogP contribution >= 0.6 is 0 Å². The molecule has 2 unspecified atom stereocenters. The molecular formula is C27H36N4O2. The van der Waals surface area contributed by atoms with E-state index in [1.165, 1.54) is 5.56 Å². The van der Waals surface area contributed by atoms with Crippen LogP contribution in [0.2, 0.25) is 0 Å². The number of aryl methyl sites for hydroxylation is 1. The van der Waals surface area contributed by atoms with E-state index in [1.807, 2.05) is 68.1 Å². The molecule has 1 aliphatic heterocycles. The molecule has 6 heteroatoms. The van der Waals surface area contributed by atoms with Crippen molar-refractivity contribution in [3.8, 4) is 0 Å². The van der Waals surface area contributed by atoms with Crippen LogP contribution in [0.25, 0.3) is 6.08 Å². The number of rotatable bonds is 8. The molecule has 3 amide bonds. The molecule has 0 bridgehead atoms. The molecular weight excluding hydrogens is 412 g/mol. The Labute approximate surface area is 197 Å². The van der Waals surface area contributed by atoms with Crippen LogP contribution in [0.5, 0.6) is 0 Å². The zero-order valence-corrected chi connectivity index (χ0v) is 20.0. The first-order chi connectivity index (χ1) is 16.0. The van der Waals surface area contributed by atoms with Crippen LogP contribution in [0.1, 0.15) is 31.4 Å². The van der Waals surface area contributed by atoms with Gasteiger partial charge < -0.3 is 15.5 Å². The molecule has 2 N–H and O–H groups in total. The molecule has 0 aliphatic carbocycles. The van der Waals surface area contributed by atoms with E-state index >= 15 is 0 Å². The predicted octanol–water partition coefficient (Wildman–Crippen LogP) is 4.39. The lowest BCUT2D eigenvalue weighted by atomic mass is 9.97. The van der Waals surface area contributed by atoms with Gasteiger partial charge in [-0.25, -0.2) is 4.79 Å². The molecule has 1 aliphatic rings. The fraction of sp³-hybridized carbons (Fsp3) is 0.407. The molecule has 0 radical (unpaired) electrons. The maximum Gasteiger partial charge on any atom is 0.319 e. The van der Waals surface area contributed by atoms with Gasteiger partial charge in [0.2, 0.25) is 5.91 Å². The number of hydrogen-bond donors (Lipinski definition) is 2. The van der Waals surface area contributed by atoms with Gasteiger partial charge in [0.25, 0.3) is 0 Å². The molecule has 0 aromatic heterocycles. The predicted molar refractivity (Wildman–Crippen MR) is 135 cm³/mol.